The van der Waals surface area contributed by atoms with Gasteiger partial charge in [-0.15, -0.1) is 0 Å². The Morgan fingerprint density at radius 2 is 1.86 bits per heavy atom. The van der Waals surface area contributed by atoms with Crippen molar-refractivity contribution in [2.24, 2.45) is 0 Å². The molecule has 0 amide bonds. The lowest BCUT2D eigenvalue weighted by Gasteiger charge is -2.30. The van der Waals surface area contributed by atoms with Gasteiger partial charge < -0.3 is 15.0 Å². The molecule has 0 spiro atoms. The summed E-state index contributed by atoms with van der Waals surface area (Å²) in [4.78, 5) is 4.63. The van der Waals surface area contributed by atoms with Gasteiger partial charge in [-0.3, -0.25) is 4.90 Å². The fourth-order valence-corrected chi connectivity index (χ4v) is 3.96. The van der Waals surface area contributed by atoms with E-state index in [-0.39, 0.29) is 0 Å². The standard InChI is InChI=1S/C22H27Cl2N3OS/c1-17-3-8-21(20(24)15-17)25-22(29)27(16-18-4-6-19(23)7-5-18)10-2-9-26-11-13-28-14-12-26/h3-8,15H,2,9-14,16H2,1H3,(H,25,29). The van der Waals surface area contributed by atoms with Crippen LogP contribution in [0.5, 0.6) is 0 Å². The first kappa shape index (κ1) is 22.3. The SMILES string of the molecule is Cc1ccc(NC(=S)N(CCCN2CCOCC2)Cc2ccc(Cl)cc2)c(Cl)c1. The van der Waals surface area contributed by atoms with Gasteiger partial charge in [0.15, 0.2) is 5.11 Å². The summed E-state index contributed by atoms with van der Waals surface area (Å²) in [5.41, 5.74) is 3.12. The van der Waals surface area contributed by atoms with E-state index in [0.717, 1.165) is 68.6 Å². The Morgan fingerprint density at radius 1 is 1.14 bits per heavy atom. The lowest BCUT2D eigenvalue weighted by Crippen LogP contribution is -2.40. The Balaban J connectivity index is 1.64. The molecule has 1 N–H and O–H groups in total. The molecule has 0 bridgehead atoms. The molecule has 0 unspecified atom stereocenters. The number of anilines is 1. The lowest BCUT2D eigenvalue weighted by molar-refractivity contribution is 0.0368. The largest absolute Gasteiger partial charge is 0.379 e. The van der Waals surface area contributed by atoms with Crippen molar-refractivity contribution in [1.29, 1.82) is 0 Å². The number of hydrogen-bond acceptors (Lipinski definition) is 3. The fraction of sp³-hybridized carbons (Fsp3) is 0.409. The van der Waals surface area contributed by atoms with Crippen LogP contribution in [0.25, 0.3) is 0 Å². The number of nitrogens with one attached hydrogen (secondary N) is 1. The Morgan fingerprint density at radius 3 is 2.55 bits per heavy atom. The number of hydrogen-bond donors (Lipinski definition) is 1. The Hall–Kier alpha value is -1.37. The number of halogens is 2. The third kappa shape index (κ3) is 7.12. The number of aryl methyl sites for hydroxylation is 1. The molecule has 2 aromatic rings. The second-order valence-electron chi connectivity index (χ2n) is 7.27. The second-order valence-corrected chi connectivity index (χ2v) is 8.50. The molecule has 0 saturated carbocycles. The molecule has 1 fully saturated rings. The molecule has 7 heteroatoms. The zero-order chi connectivity index (χ0) is 20.6. The molecule has 2 aromatic carbocycles. The molecule has 3 rings (SSSR count). The summed E-state index contributed by atoms with van der Waals surface area (Å²) >= 11 is 18.2. The number of ether oxygens (including phenoxy) is 1. The highest BCUT2D eigenvalue weighted by Gasteiger charge is 2.15. The van der Waals surface area contributed by atoms with Gasteiger partial charge in [0.1, 0.15) is 0 Å². The normalized spacial score (nSPS) is 14.6. The third-order valence-electron chi connectivity index (χ3n) is 4.95. The number of nitrogens with zero attached hydrogens (tertiary/aromatic N) is 2. The van der Waals surface area contributed by atoms with E-state index < -0.39 is 0 Å². The summed E-state index contributed by atoms with van der Waals surface area (Å²) in [6.45, 7) is 8.27. The second kappa shape index (κ2) is 11.1. The van der Waals surface area contributed by atoms with E-state index in [0.29, 0.717) is 10.1 Å². The first-order valence-corrected chi connectivity index (χ1v) is 11.0. The quantitative estimate of drug-likeness (QED) is 0.582. The minimum Gasteiger partial charge on any atom is -0.379 e. The van der Waals surface area contributed by atoms with E-state index >= 15 is 0 Å². The number of benzene rings is 2. The van der Waals surface area contributed by atoms with Gasteiger partial charge in [0.05, 0.1) is 23.9 Å². The zero-order valence-electron chi connectivity index (χ0n) is 16.7. The molecular weight excluding hydrogens is 425 g/mol. The van der Waals surface area contributed by atoms with Gasteiger partial charge in [0.2, 0.25) is 0 Å². The summed E-state index contributed by atoms with van der Waals surface area (Å²) in [6, 6.07) is 13.8. The van der Waals surface area contributed by atoms with Crippen LogP contribution in [0.4, 0.5) is 5.69 Å². The van der Waals surface area contributed by atoms with E-state index in [1.54, 1.807) is 0 Å². The highest BCUT2D eigenvalue weighted by molar-refractivity contribution is 7.80. The van der Waals surface area contributed by atoms with Gasteiger partial charge in [0, 0.05) is 37.7 Å². The van der Waals surface area contributed by atoms with Crippen molar-refractivity contribution < 1.29 is 4.74 Å². The molecule has 0 atom stereocenters. The monoisotopic (exact) mass is 451 g/mol. The maximum Gasteiger partial charge on any atom is 0.173 e. The van der Waals surface area contributed by atoms with Crippen molar-refractivity contribution in [1.82, 2.24) is 9.80 Å². The molecule has 29 heavy (non-hydrogen) atoms. The van der Waals surface area contributed by atoms with Crippen LogP contribution in [0.2, 0.25) is 10.0 Å². The number of morpholine rings is 1. The molecule has 0 aromatic heterocycles. The summed E-state index contributed by atoms with van der Waals surface area (Å²) < 4.78 is 5.43. The predicted molar refractivity (Wildman–Crippen MR) is 126 cm³/mol. The van der Waals surface area contributed by atoms with Gasteiger partial charge in [-0.05, 0) is 61.0 Å². The van der Waals surface area contributed by atoms with Crippen molar-refractivity contribution in [3.8, 4) is 0 Å². The average Bonchev–Trinajstić information content (AvgIpc) is 2.71. The van der Waals surface area contributed by atoms with Crippen molar-refractivity contribution in [2.45, 2.75) is 19.9 Å². The summed E-state index contributed by atoms with van der Waals surface area (Å²) in [6.07, 6.45) is 1.02. The number of thiocarbonyl (C=S) groups is 1. The fourth-order valence-electron chi connectivity index (χ4n) is 3.29. The molecule has 4 nitrogen and oxygen atoms in total. The third-order valence-corrected chi connectivity index (χ3v) is 5.87. The van der Waals surface area contributed by atoms with Crippen LogP contribution in [0, 0.1) is 6.92 Å². The maximum atomic E-state index is 6.39. The van der Waals surface area contributed by atoms with E-state index in [9.17, 15) is 0 Å². The van der Waals surface area contributed by atoms with Crippen LogP contribution in [-0.2, 0) is 11.3 Å². The predicted octanol–water partition coefficient (Wildman–Crippen LogP) is 5.22. The highest BCUT2D eigenvalue weighted by Crippen LogP contribution is 2.23. The molecule has 1 saturated heterocycles. The van der Waals surface area contributed by atoms with Crippen molar-refractivity contribution in [3.63, 3.8) is 0 Å². The van der Waals surface area contributed by atoms with Crippen LogP contribution in [0.15, 0.2) is 42.5 Å². The van der Waals surface area contributed by atoms with E-state index in [2.05, 4.69) is 15.1 Å². The van der Waals surface area contributed by atoms with Crippen LogP contribution in [0.3, 0.4) is 0 Å². The molecule has 156 valence electrons. The summed E-state index contributed by atoms with van der Waals surface area (Å²) in [5.74, 6) is 0. The first-order valence-electron chi connectivity index (χ1n) is 9.88. The van der Waals surface area contributed by atoms with E-state index in [4.69, 9.17) is 40.2 Å². The van der Waals surface area contributed by atoms with E-state index in [1.165, 1.54) is 5.56 Å². The molecule has 0 radical (unpaired) electrons. The van der Waals surface area contributed by atoms with Crippen molar-refractivity contribution in [2.75, 3.05) is 44.7 Å². The smallest absolute Gasteiger partial charge is 0.173 e. The molecular formula is C22H27Cl2N3OS. The minimum absolute atomic E-state index is 0.673. The van der Waals surface area contributed by atoms with Crippen molar-refractivity contribution >= 4 is 46.2 Å². The molecule has 1 heterocycles. The van der Waals surface area contributed by atoms with Crippen LogP contribution in [0.1, 0.15) is 17.5 Å². The highest BCUT2D eigenvalue weighted by atomic mass is 35.5. The number of rotatable bonds is 7. The Bertz CT molecular complexity index is 810. The summed E-state index contributed by atoms with van der Waals surface area (Å²) in [5, 5.41) is 5.41. The average molecular weight is 452 g/mol. The Kier molecular flexibility index (Phi) is 8.57. The van der Waals surface area contributed by atoms with E-state index in [1.807, 2.05) is 49.4 Å². The Labute approximate surface area is 188 Å². The van der Waals surface area contributed by atoms with Gasteiger partial charge in [-0.1, -0.05) is 41.4 Å². The molecule has 1 aliphatic heterocycles. The topological polar surface area (TPSA) is 27.7 Å². The van der Waals surface area contributed by atoms with Gasteiger partial charge in [0.25, 0.3) is 0 Å². The maximum absolute atomic E-state index is 6.39. The summed E-state index contributed by atoms with van der Waals surface area (Å²) in [7, 11) is 0. The van der Waals surface area contributed by atoms with Crippen molar-refractivity contribution in [3.05, 3.63) is 63.6 Å². The first-order chi connectivity index (χ1) is 14.0. The molecule has 0 aliphatic carbocycles. The lowest BCUT2D eigenvalue weighted by atomic mass is 10.2. The van der Waals surface area contributed by atoms with Gasteiger partial charge in [-0.2, -0.15) is 0 Å². The van der Waals surface area contributed by atoms with Gasteiger partial charge in [-0.25, -0.2) is 0 Å². The van der Waals surface area contributed by atoms with Crippen LogP contribution >= 0.6 is 35.4 Å². The molecule has 1 aliphatic rings. The van der Waals surface area contributed by atoms with Crippen LogP contribution < -0.4 is 5.32 Å². The zero-order valence-corrected chi connectivity index (χ0v) is 19.0. The minimum atomic E-state index is 0.673. The van der Waals surface area contributed by atoms with Gasteiger partial charge >= 0.3 is 0 Å². The van der Waals surface area contributed by atoms with Crippen LogP contribution in [-0.4, -0.2) is 54.3 Å².